The third-order valence-corrected chi connectivity index (χ3v) is 3.38. The lowest BCUT2D eigenvalue weighted by Crippen LogP contribution is -2.43. The average Bonchev–Trinajstić information content (AvgIpc) is 3.19. The fourth-order valence-corrected chi connectivity index (χ4v) is 2.19. The zero-order valence-electron chi connectivity index (χ0n) is 13.7. The number of esters is 1. The Morgan fingerprint density at radius 3 is 2.62 bits per heavy atom. The lowest BCUT2D eigenvalue weighted by Gasteiger charge is -2.18. The van der Waals surface area contributed by atoms with E-state index in [1.165, 1.54) is 18.4 Å². The molecule has 9 heteroatoms. The van der Waals surface area contributed by atoms with Crippen LogP contribution in [-0.2, 0) is 20.7 Å². The summed E-state index contributed by atoms with van der Waals surface area (Å²) in [6.07, 6.45) is 1.30. The van der Waals surface area contributed by atoms with E-state index in [9.17, 15) is 14.4 Å². The van der Waals surface area contributed by atoms with E-state index in [1.54, 1.807) is 18.2 Å². The van der Waals surface area contributed by atoms with Gasteiger partial charge in [-0.15, -0.1) is 0 Å². The number of hydrazine groups is 1. The van der Waals surface area contributed by atoms with Gasteiger partial charge >= 0.3 is 11.9 Å². The standard InChI is InChI=1S/C17H16N2O7/c20-15(18-19-17(22)13-2-1-5-23-13)10-26-16(21)9-11-3-4-12-14(8-11)25-7-6-24-12/h1-5,8H,6-7,9-10H2,(H,18,20)(H,19,22). The molecule has 0 saturated heterocycles. The summed E-state index contributed by atoms with van der Waals surface area (Å²) < 4.78 is 20.6. The largest absolute Gasteiger partial charge is 0.486 e. The molecule has 0 fully saturated rings. The van der Waals surface area contributed by atoms with Crippen molar-refractivity contribution in [1.82, 2.24) is 10.9 Å². The van der Waals surface area contributed by atoms with Gasteiger partial charge in [0.05, 0.1) is 12.7 Å². The van der Waals surface area contributed by atoms with Gasteiger partial charge in [0.1, 0.15) is 13.2 Å². The van der Waals surface area contributed by atoms with Crippen LogP contribution in [0.2, 0.25) is 0 Å². The maximum absolute atomic E-state index is 11.8. The minimum absolute atomic E-state index is 0.0251. The normalized spacial score (nSPS) is 12.2. The van der Waals surface area contributed by atoms with Crippen LogP contribution in [0.4, 0.5) is 0 Å². The number of furan rings is 1. The van der Waals surface area contributed by atoms with Crippen molar-refractivity contribution in [3.05, 3.63) is 47.9 Å². The zero-order valence-corrected chi connectivity index (χ0v) is 13.7. The molecule has 2 amide bonds. The fourth-order valence-electron chi connectivity index (χ4n) is 2.19. The van der Waals surface area contributed by atoms with Crippen LogP contribution in [0.5, 0.6) is 11.5 Å². The summed E-state index contributed by atoms with van der Waals surface area (Å²) in [7, 11) is 0. The monoisotopic (exact) mass is 360 g/mol. The maximum atomic E-state index is 11.8. The van der Waals surface area contributed by atoms with E-state index in [-0.39, 0.29) is 12.2 Å². The number of benzene rings is 1. The molecule has 2 aromatic rings. The lowest BCUT2D eigenvalue weighted by atomic mass is 10.1. The Kier molecular flexibility index (Phi) is 5.37. The van der Waals surface area contributed by atoms with Crippen molar-refractivity contribution >= 4 is 17.8 Å². The number of carbonyl (C=O) groups is 3. The van der Waals surface area contributed by atoms with E-state index < -0.39 is 24.4 Å². The smallest absolute Gasteiger partial charge is 0.310 e. The third kappa shape index (κ3) is 4.53. The van der Waals surface area contributed by atoms with Crippen molar-refractivity contribution < 1.29 is 33.0 Å². The Balaban J connectivity index is 1.41. The van der Waals surface area contributed by atoms with Gasteiger partial charge < -0.3 is 18.6 Å². The molecule has 0 atom stereocenters. The van der Waals surface area contributed by atoms with Crippen LogP contribution in [-0.4, -0.2) is 37.6 Å². The Labute approximate surface area is 148 Å². The number of rotatable bonds is 5. The van der Waals surface area contributed by atoms with E-state index in [2.05, 4.69) is 10.9 Å². The molecule has 26 heavy (non-hydrogen) atoms. The molecular weight excluding hydrogens is 344 g/mol. The summed E-state index contributed by atoms with van der Waals surface area (Å²) in [4.78, 5) is 35.0. The summed E-state index contributed by atoms with van der Waals surface area (Å²) in [6, 6.07) is 8.11. The molecule has 1 aromatic heterocycles. The Hall–Kier alpha value is -3.49. The average molecular weight is 360 g/mol. The molecule has 1 aromatic carbocycles. The first-order valence-electron chi connectivity index (χ1n) is 7.78. The SMILES string of the molecule is O=C(COC(=O)Cc1ccc2c(c1)OCCO2)NNC(=O)c1ccco1. The van der Waals surface area contributed by atoms with Crippen molar-refractivity contribution in [3.63, 3.8) is 0 Å². The van der Waals surface area contributed by atoms with Crippen LogP contribution in [0.1, 0.15) is 16.1 Å². The number of carbonyl (C=O) groups excluding carboxylic acids is 3. The molecule has 2 heterocycles. The molecule has 0 saturated carbocycles. The van der Waals surface area contributed by atoms with Crippen LogP contribution in [0.15, 0.2) is 41.0 Å². The highest BCUT2D eigenvalue weighted by atomic mass is 16.6. The second-order valence-corrected chi connectivity index (χ2v) is 5.30. The van der Waals surface area contributed by atoms with Gasteiger partial charge in [-0.05, 0) is 29.8 Å². The number of ether oxygens (including phenoxy) is 3. The van der Waals surface area contributed by atoms with Crippen LogP contribution < -0.4 is 20.3 Å². The predicted octanol–water partition coefficient (Wildman–Crippen LogP) is 0.598. The van der Waals surface area contributed by atoms with Crippen molar-refractivity contribution in [2.24, 2.45) is 0 Å². The van der Waals surface area contributed by atoms with Gasteiger partial charge in [-0.3, -0.25) is 25.2 Å². The zero-order chi connectivity index (χ0) is 18.4. The minimum Gasteiger partial charge on any atom is -0.486 e. The Bertz CT molecular complexity index is 801. The van der Waals surface area contributed by atoms with Gasteiger partial charge in [0.25, 0.3) is 5.91 Å². The summed E-state index contributed by atoms with van der Waals surface area (Å²) >= 11 is 0. The van der Waals surface area contributed by atoms with Crippen LogP contribution in [0.25, 0.3) is 0 Å². The highest BCUT2D eigenvalue weighted by Gasteiger charge is 2.15. The van der Waals surface area contributed by atoms with E-state index >= 15 is 0 Å². The Morgan fingerprint density at radius 1 is 1.04 bits per heavy atom. The molecule has 0 unspecified atom stereocenters. The molecule has 3 rings (SSSR count). The highest BCUT2D eigenvalue weighted by Crippen LogP contribution is 2.30. The molecule has 0 aliphatic carbocycles. The molecule has 1 aliphatic rings. The van der Waals surface area contributed by atoms with Crippen LogP contribution in [0.3, 0.4) is 0 Å². The van der Waals surface area contributed by atoms with Crippen molar-refractivity contribution in [2.75, 3.05) is 19.8 Å². The number of nitrogens with one attached hydrogen (secondary N) is 2. The number of hydrogen-bond acceptors (Lipinski definition) is 7. The molecule has 0 radical (unpaired) electrons. The molecule has 0 bridgehead atoms. The van der Waals surface area contributed by atoms with Gasteiger partial charge in [-0.25, -0.2) is 0 Å². The fraction of sp³-hybridized carbons (Fsp3) is 0.235. The van der Waals surface area contributed by atoms with Gasteiger partial charge in [-0.2, -0.15) is 0 Å². The van der Waals surface area contributed by atoms with E-state index in [0.717, 1.165) is 0 Å². The van der Waals surface area contributed by atoms with Crippen molar-refractivity contribution in [3.8, 4) is 11.5 Å². The Morgan fingerprint density at radius 2 is 1.85 bits per heavy atom. The minimum atomic E-state index is -0.680. The number of fused-ring (bicyclic) bond motifs is 1. The van der Waals surface area contributed by atoms with Crippen molar-refractivity contribution in [2.45, 2.75) is 6.42 Å². The summed E-state index contributed by atoms with van der Waals surface area (Å²) in [5.41, 5.74) is 4.93. The second-order valence-electron chi connectivity index (χ2n) is 5.30. The van der Waals surface area contributed by atoms with E-state index in [1.807, 2.05) is 0 Å². The van der Waals surface area contributed by atoms with Gasteiger partial charge in [0.15, 0.2) is 23.9 Å². The third-order valence-electron chi connectivity index (χ3n) is 3.38. The van der Waals surface area contributed by atoms with Gasteiger partial charge in [0, 0.05) is 0 Å². The van der Waals surface area contributed by atoms with Gasteiger partial charge in [0.2, 0.25) is 0 Å². The first-order valence-corrected chi connectivity index (χ1v) is 7.78. The second kappa shape index (κ2) is 8.06. The summed E-state index contributed by atoms with van der Waals surface area (Å²) in [5.74, 6) is -0.651. The first kappa shape index (κ1) is 17.3. The predicted molar refractivity (Wildman–Crippen MR) is 86.4 cm³/mol. The number of hydrogen-bond donors (Lipinski definition) is 2. The molecule has 9 nitrogen and oxygen atoms in total. The topological polar surface area (TPSA) is 116 Å². The quantitative estimate of drug-likeness (QED) is 0.592. The van der Waals surface area contributed by atoms with Gasteiger partial charge in [-0.1, -0.05) is 6.07 Å². The molecule has 136 valence electrons. The van der Waals surface area contributed by atoms with E-state index in [0.29, 0.717) is 30.3 Å². The number of amides is 2. The summed E-state index contributed by atoms with van der Waals surface area (Å²) in [6.45, 7) is 0.409. The molecule has 0 spiro atoms. The van der Waals surface area contributed by atoms with Crippen LogP contribution >= 0.6 is 0 Å². The lowest BCUT2D eigenvalue weighted by molar-refractivity contribution is -0.148. The molecule has 2 N–H and O–H groups in total. The molecule has 1 aliphatic heterocycles. The highest BCUT2D eigenvalue weighted by molar-refractivity contribution is 5.93. The summed E-state index contributed by atoms with van der Waals surface area (Å²) in [5, 5.41) is 0. The maximum Gasteiger partial charge on any atom is 0.310 e. The van der Waals surface area contributed by atoms with Crippen LogP contribution in [0, 0.1) is 0 Å². The first-order chi connectivity index (χ1) is 12.6. The van der Waals surface area contributed by atoms with E-state index in [4.69, 9.17) is 18.6 Å². The van der Waals surface area contributed by atoms with Crippen molar-refractivity contribution in [1.29, 1.82) is 0 Å². The molecular formula is C17H16N2O7.